The van der Waals surface area contributed by atoms with Crippen LogP contribution in [-0.4, -0.2) is 50.8 Å². The van der Waals surface area contributed by atoms with Crippen molar-refractivity contribution in [1.29, 1.82) is 0 Å². The van der Waals surface area contributed by atoms with Crippen LogP contribution in [0.2, 0.25) is 0 Å². The molecule has 0 aromatic rings. The van der Waals surface area contributed by atoms with Gasteiger partial charge in [-0.25, -0.2) is 8.42 Å². The van der Waals surface area contributed by atoms with Gasteiger partial charge in [0, 0.05) is 30.6 Å². The average Bonchev–Trinajstić information content (AvgIpc) is 2.61. The van der Waals surface area contributed by atoms with Crippen LogP contribution in [0, 0.1) is 0 Å². The highest BCUT2D eigenvalue weighted by Crippen LogP contribution is 2.19. The van der Waals surface area contributed by atoms with Crippen molar-refractivity contribution in [2.24, 2.45) is 0 Å². The van der Waals surface area contributed by atoms with Crippen LogP contribution < -0.4 is 5.32 Å². The van der Waals surface area contributed by atoms with E-state index in [0.29, 0.717) is 6.04 Å². The average molecular weight is 244 g/mol. The molecule has 1 N–H and O–H groups in total. The maximum absolute atomic E-state index is 11.3. The summed E-state index contributed by atoms with van der Waals surface area (Å²) in [5, 5.41) is 4.82. The van der Waals surface area contributed by atoms with E-state index < -0.39 is 9.84 Å². The molecule has 0 bridgehead atoms. The maximum Gasteiger partial charge on any atom is 0.173 e. The van der Waals surface area contributed by atoms with Gasteiger partial charge < -0.3 is 5.32 Å². The van der Waals surface area contributed by atoms with Crippen LogP contribution in [0.5, 0.6) is 0 Å². The van der Waals surface area contributed by atoms with Crippen molar-refractivity contribution in [3.05, 3.63) is 11.5 Å². The van der Waals surface area contributed by atoms with Crippen LogP contribution in [0.15, 0.2) is 11.5 Å². The summed E-state index contributed by atoms with van der Waals surface area (Å²) in [6.45, 7) is 5.14. The first-order valence-corrected chi connectivity index (χ1v) is 7.70. The van der Waals surface area contributed by atoms with Crippen molar-refractivity contribution in [2.45, 2.75) is 31.8 Å². The molecule has 2 heterocycles. The van der Waals surface area contributed by atoms with E-state index in [4.69, 9.17) is 0 Å². The number of likely N-dealkylation sites (tertiary alicyclic amines) is 1. The Bertz CT molecular complexity index is 356. The Morgan fingerprint density at radius 1 is 1.38 bits per heavy atom. The fraction of sp³-hybridized carbons (Fsp3) is 0.818. The molecule has 0 spiro atoms. The second kappa shape index (κ2) is 4.85. The van der Waals surface area contributed by atoms with Crippen LogP contribution in [-0.2, 0) is 9.84 Å². The lowest BCUT2D eigenvalue weighted by Crippen LogP contribution is -2.46. The summed E-state index contributed by atoms with van der Waals surface area (Å²) in [4.78, 5) is 2.29. The van der Waals surface area contributed by atoms with Gasteiger partial charge in [0.25, 0.3) is 0 Å². The Kier molecular flexibility index (Phi) is 3.66. The summed E-state index contributed by atoms with van der Waals surface area (Å²) < 4.78 is 22.6. The predicted molar refractivity (Wildman–Crippen MR) is 65.0 cm³/mol. The van der Waals surface area contributed by atoms with Gasteiger partial charge in [-0.15, -0.1) is 0 Å². The van der Waals surface area contributed by atoms with Gasteiger partial charge in [-0.1, -0.05) is 13.0 Å². The third-order valence-electron chi connectivity index (χ3n) is 3.40. The van der Waals surface area contributed by atoms with Gasteiger partial charge in [0.15, 0.2) is 9.84 Å². The SMILES string of the molecule is CCNC1CCN(C2C=CS(=O)(=O)C2)CC1. The number of nitrogens with one attached hydrogen (secondary N) is 1. The topological polar surface area (TPSA) is 49.4 Å². The standard InChI is InChI=1S/C11H20N2O2S/c1-2-12-10-3-6-13(7-4-10)11-5-8-16(14,15)9-11/h5,8,10-12H,2-4,6-7,9H2,1H3. The summed E-state index contributed by atoms with van der Waals surface area (Å²) in [6, 6.07) is 0.732. The number of hydrogen-bond acceptors (Lipinski definition) is 4. The molecule has 0 aromatic heterocycles. The molecular weight excluding hydrogens is 224 g/mol. The van der Waals surface area contributed by atoms with Gasteiger partial charge in [-0.05, 0) is 19.4 Å². The first kappa shape index (κ1) is 12.1. The maximum atomic E-state index is 11.3. The molecule has 1 fully saturated rings. The Labute approximate surface area is 97.6 Å². The van der Waals surface area contributed by atoms with E-state index >= 15 is 0 Å². The molecule has 5 heteroatoms. The molecule has 0 aromatic carbocycles. The number of sulfone groups is 1. The van der Waals surface area contributed by atoms with Gasteiger partial charge in [-0.3, -0.25) is 4.90 Å². The third kappa shape index (κ3) is 2.84. The van der Waals surface area contributed by atoms with Crippen LogP contribution in [0.25, 0.3) is 0 Å². The smallest absolute Gasteiger partial charge is 0.173 e. The fourth-order valence-corrected chi connectivity index (χ4v) is 3.84. The van der Waals surface area contributed by atoms with E-state index in [1.54, 1.807) is 0 Å². The Morgan fingerprint density at radius 2 is 2.06 bits per heavy atom. The van der Waals surface area contributed by atoms with Gasteiger partial charge in [-0.2, -0.15) is 0 Å². The van der Waals surface area contributed by atoms with Gasteiger partial charge in [0.05, 0.1) is 5.75 Å². The van der Waals surface area contributed by atoms with E-state index in [9.17, 15) is 8.42 Å². The largest absolute Gasteiger partial charge is 0.314 e. The minimum Gasteiger partial charge on any atom is -0.314 e. The molecule has 0 amide bonds. The summed E-state index contributed by atoms with van der Waals surface area (Å²) >= 11 is 0. The van der Waals surface area contributed by atoms with Crippen LogP contribution in [0.4, 0.5) is 0 Å². The van der Waals surface area contributed by atoms with Crippen molar-refractivity contribution < 1.29 is 8.42 Å². The fourth-order valence-electron chi connectivity index (χ4n) is 2.51. The van der Waals surface area contributed by atoms with E-state index in [1.165, 1.54) is 5.41 Å². The molecule has 1 saturated heterocycles. The summed E-state index contributed by atoms with van der Waals surface area (Å²) in [5.41, 5.74) is 0. The zero-order valence-corrected chi connectivity index (χ0v) is 10.5. The highest BCUT2D eigenvalue weighted by atomic mass is 32.2. The number of rotatable bonds is 3. The molecule has 4 nitrogen and oxygen atoms in total. The van der Waals surface area contributed by atoms with Crippen molar-refractivity contribution in [3.8, 4) is 0 Å². The lowest BCUT2D eigenvalue weighted by Gasteiger charge is -2.35. The Hall–Kier alpha value is -0.390. The lowest BCUT2D eigenvalue weighted by molar-refractivity contribution is 0.178. The van der Waals surface area contributed by atoms with Crippen molar-refractivity contribution in [1.82, 2.24) is 10.2 Å². The minimum absolute atomic E-state index is 0.118. The minimum atomic E-state index is -2.91. The van der Waals surface area contributed by atoms with E-state index in [1.807, 2.05) is 6.08 Å². The van der Waals surface area contributed by atoms with Gasteiger partial charge >= 0.3 is 0 Å². The molecule has 1 atom stereocenters. The normalized spacial score (nSPS) is 30.9. The van der Waals surface area contributed by atoms with E-state index in [2.05, 4.69) is 17.1 Å². The van der Waals surface area contributed by atoms with Crippen molar-refractivity contribution >= 4 is 9.84 Å². The molecule has 1 unspecified atom stereocenters. The summed E-state index contributed by atoms with van der Waals surface area (Å²) in [5.74, 6) is 0.277. The Morgan fingerprint density at radius 3 is 2.56 bits per heavy atom. The van der Waals surface area contributed by atoms with Crippen molar-refractivity contribution in [2.75, 3.05) is 25.4 Å². The number of piperidine rings is 1. The molecule has 2 aliphatic rings. The highest BCUT2D eigenvalue weighted by molar-refractivity contribution is 7.94. The molecule has 2 aliphatic heterocycles. The summed E-state index contributed by atoms with van der Waals surface area (Å²) in [6.07, 6.45) is 4.08. The van der Waals surface area contributed by atoms with Gasteiger partial charge in [0.1, 0.15) is 0 Å². The molecular formula is C11H20N2O2S. The lowest BCUT2D eigenvalue weighted by atomic mass is 10.0. The quantitative estimate of drug-likeness (QED) is 0.779. The van der Waals surface area contributed by atoms with Crippen molar-refractivity contribution in [3.63, 3.8) is 0 Å². The highest BCUT2D eigenvalue weighted by Gasteiger charge is 2.29. The zero-order valence-electron chi connectivity index (χ0n) is 9.72. The molecule has 92 valence electrons. The second-order valence-electron chi connectivity index (χ2n) is 4.59. The third-order valence-corrected chi connectivity index (χ3v) is 4.78. The molecule has 16 heavy (non-hydrogen) atoms. The van der Waals surface area contributed by atoms with Crippen LogP contribution >= 0.6 is 0 Å². The molecule has 0 radical (unpaired) electrons. The number of nitrogens with zero attached hydrogens (tertiary/aromatic N) is 1. The Balaban J connectivity index is 1.84. The first-order valence-electron chi connectivity index (χ1n) is 5.99. The van der Waals surface area contributed by atoms with Crippen LogP contribution in [0.1, 0.15) is 19.8 Å². The molecule has 2 rings (SSSR count). The molecule has 0 saturated carbocycles. The molecule has 0 aliphatic carbocycles. The summed E-state index contributed by atoms with van der Waals surface area (Å²) in [7, 11) is -2.91. The predicted octanol–water partition coefficient (Wildman–Crippen LogP) is 0.371. The number of hydrogen-bond donors (Lipinski definition) is 1. The monoisotopic (exact) mass is 244 g/mol. The second-order valence-corrected chi connectivity index (χ2v) is 6.52. The van der Waals surface area contributed by atoms with Crippen LogP contribution in [0.3, 0.4) is 0 Å². The van der Waals surface area contributed by atoms with Gasteiger partial charge in [0.2, 0.25) is 0 Å². The first-order chi connectivity index (χ1) is 7.61. The van der Waals surface area contributed by atoms with E-state index in [0.717, 1.165) is 32.5 Å². The zero-order chi connectivity index (χ0) is 11.6. The van der Waals surface area contributed by atoms with E-state index in [-0.39, 0.29) is 11.8 Å².